The highest BCUT2D eigenvalue weighted by atomic mass is 35.5. The smallest absolute Gasteiger partial charge is 0.255 e. The lowest BCUT2D eigenvalue weighted by Crippen LogP contribution is -2.33. The standard InChI is InChI=1S/C24H26ClFN4O2/c1-29-22(9-10-27-29)19-16-18(28-24(31)17-5-7-21(26)20(25)15-17)6-8-23(19)32-14-13-30-11-3-2-4-12-30/h5-10,15-16H,2-4,11-14H2,1H3,(H,28,31). The third-order valence-corrected chi connectivity index (χ3v) is 5.92. The van der Waals surface area contributed by atoms with Crippen molar-refractivity contribution in [3.05, 3.63) is 65.1 Å². The van der Waals surface area contributed by atoms with Crippen molar-refractivity contribution in [2.24, 2.45) is 7.05 Å². The van der Waals surface area contributed by atoms with Gasteiger partial charge in [0, 0.05) is 36.6 Å². The summed E-state index contributed by atoms with van der Waals surface area (Å²) in [6, 6.07) is 11.3. The molecule has 0 spiro atoms. The van der Waals surface area contributed by atoms with Gasteiger partial charge in [-0.25, -0.2) is 4.39 Å². The molecule has 1 aliphatic rings. The van der Waals surface area contributed by atoms with E-state index in [1.807, 2.05) is 25.2 Å². The molecule has 0 saturated carbocycles. The summed E-state index contributed by atoms with van der Waals surface area (Å²) in [4.78, 5) is 15.1. The lowest BCUT2D eigenvalue weighted by molar-refractivity contribution is 0.102. The Morgan fingerprint density at radius 2 is 1.97 bits per heavy atom. The molecule has 2 aromatic carbocycles. The van der Waals surface area contributed by atoms with Crippen LogP contribution in [-0.2, 0) is 7.05 Å². The molecule has 1 aromatic heterocycles. The van der Waals surface area contributed by atoms with Crippen LogP contribution in [0.15, 0.2) is 48.7 Å². The van der Waals surface area contributed by atoms with E-state index in [1.54, 1.807) is 16.9 Å². The molecule has 4 rings (SSSR count). The first kappa shape index (κ1) is 22.3. The monoisotopic (exact) mass is 456 g/mol. The van der Waals surface area contributed by atoms with Crippen molar-refractivity contribution in [2.45, 2.75) is 19.3 Å². The summed E-state index contributed by atoms with van der Waals surface area (Å²) in [5.74, 6) is -0.206. The zero-order valence-corrected chi connectivity index (χ0v) is 18.7. The number of carbonyl (C=O) groups is 1. The van der Waals surface area contributed by atoms with E-state index >= 15 is 0 Å². The van der Waals surface area contributed by atoms with Crippen molar-refractivity contribution in [1.29, 1.82) is 0 Å². The van der Waals surface area contributed by atoms with Crippen LogP contribution in [0, 0.1) is 5.82 Å². The van der Waals surface area contributed by atoms with Crippen LogP contribution in [0.4, 0.5) is 10.1 Å². The molecule has 1 saturated heterocycles. The Kier molecular flexibility index (Phi) is 7.07. The van der Waals surface area contributed by atoms with Gasteiger partial charge in [-0.2, -0.15) is 5.10 Å². The highest BCUT2D eigenvalue weighted by Gasteiger charge is 2.15. The van der Waals surface area contributed by atoms with Gasteiger partial charge < -0.3 is 10.1 Å². The average molecular weight is 457 g/mol. The van der Waals surface area contributed by atoms with E-state index in [4.69, 9.17) is 16.3 Å². The maximum absolute atomic E-state index is 13.4. The van der Waals surface area contributed by atoms with E-state index in [-0.39, 0.29) is 16.5 Å². The molecule has 0 unspecified atom stereocenters. The molecular weight excluding hydrogens is 431 g/mol. The first-order valence-electron chi connectivity index (χ1n) is 10.8. The van der Waals surface area contributed by atoms with E-state index in [0.717, 1.165) is 36.6 Å². The molecule has 1 amide bonds. The van der Waals surface area contributed by atoms with E-state index < -0.39 is 5.82 Å². The van der Waals surface area contributed by atoms with Gasteiger partial charge in [-0.05, 0) is 68.4 Å². The van der Waals surface area contributed by atoms with Gasteiger partial charge in [0.15, 0.2) is 0 Å². The summed E-state index contributed by atoms with van der Waals surface area (Å²) in [7, 11) is 1.86. The van der Waals surface area contributed by atoms with Crippen LogP contribution >= 0.6 is 11.6 Å². The van der Waals surface area contributed by atoms with Gasteiger partial charge in [0.25, 0.3) is 5.91 Å². The van der Waals surface area contributed by atoms with Gasteiger partial charge in [0.2, 0.25) is 0 Å². The molecule has 0 bridgehead atoms. The minimum Gasteiger partial charge on any atom is -0.492 e. The predicted molar refractivity (Wildman–Crippen MR) is 124 cm³/mol. The Morgan fingerprint density at radius 3 is 2.69 bits per heavy atom. The summed E-state index contributed by atoms with van der Waals surface area (Å²) < 4.78 is 21.3. The molecule has 6 nitrogen and oxygen atoms in total. The zero-order chi connectivity index (χ0) is 22.5. The number of carbonyl (C=O) groups excluding carboxylic acids is 1. The lowest BCUT2D eigenvalue weighted by Gasteiger charge is -2.26. The number of anilines is 1. The molecule has 1 aliphatic heterocycles. The van der Waals surface area contributed by atoms with Gasteiger partial charge in [-0.15, -0.1) is 0 Å². The van der Waals surface area contributed by atoms with Crippen LogP contribution in [0.2, 0.25) is 5.02 Å². The first-order valence-corrected chi connectivity index (χ1v) is 11.1. The number of benzene rings is 2. The average Bonchev–Trinajstić information content (AvgIpc) is 3.23. The number of ether oxygens (including phenoxy) is 1. The minimum atomic E-state index is -0.562. The van der Waals surface area contributed by atoms with Gasteiger partial charge in [0.1, 0.15) is 18.2 Å². The topological polar surface area (TPSA) is 59.4 Å². The Labute approximate surface area is 191 Å². The van der Waals surface area contributed by atoms with Crippen LogP contribution in [0.3, 0.4) is 0 Å². The van der Waals surface area contributed by atoms with E-state index in [1.165, 1.54) is 37.5 Å². The number of amides is 1. The number of hydrogen-bond donors (Lipinski definition) is 1. The van der Waals surface area contributed by atoms with E-state index in [2.05, 4.69) is 15.3 Å². The van der Waals surface area contributed by atoms with Crippen molar-refractivity contribution in [1.82, 2.24) is 14.7 Å². The Hall–Kier alpha value is -2.90. The largest absolute Gasteiger partial charge is 0.492 e. The van der Waals surface area contributed by atoms with Crippen molar-refractivity contribution >= 4 is 23.2 Å². The number of rotatable bonds is 7. The molecule has 0 aliphatic carbocycles. The van der Waals surface area contributed by atoms with Gasteiger partial charge in [-0.3, -0.25) is 14.4 Å². The lowest BCUT2D eigenvalue weighted by atomic mass is 10.1. The Morgan fingerprint density at radius 1 is 1.16 bits per heavy atom. The van der Waals surface area contributed by atoms with Crippen LogP contribution in [0.1, 0.15) is 29.6 Å². The highest BCUT2D eigenvalue weighted by molar-refractivity contribution is 6.31. The molecule has 168 valence electrons. The van der Waals surface area contributed by atoms with Crippen LogP contribution in [-0.4, -0.2) is 46.8 Å². The number of aryl methyl sites for hydroxylation is 1. The third-order valence-electron chi connectivity index (χ3n) is 5.63. The molecule has 32 heavy (non-hydrogen) atoms. The van der Waals surface area contributed by atoms with Gasteiger partial charge >= 0.3 is 0 Å². The highest BCUT2D eigenvalue weighted by Crippen LogP contribution is 2.33. The maximum Gasteiger partial charge on any atom is 0.255 e. The molecule has 1 N–H and O–H groups in total. The number of piperidine rings is 1. The first-order chi connectivity index (χ1) is 15.5. The van der Waals surface area contributed by atoms with Crippen LogP contribution in [0.5, 0.6) is 5.75 Å². The second-order valence-electron chi connectivity index (χ2n) is 7.88. The molecule has 1 fully saturated rings. The number of nitrogens with zero attached hydrogens (tertiary/aromatic N) is 3. The molecular formula is C24H26ClFN4O2. The second kappa shape index (κ2) is 10.1. The number of hydrogen-bond acceptors (Lipinski definition) is 4. The summed E-state index contributed by atoms with van der Waals surface area (Å²) in [5, 5.41) is 7.02. The summed E-state index contributed by atoms with van der Waals surface area (Å²) in [6.45, 7) is 3.71. The maximum atomic E-state index is 13.4. The fourth-order valence-corrected chi connectivity index (χ4v) is 4.06. The number of likely N-dealkylation sites (tertiary alicyclic amines) is 1. The molecule has 3 aromatic rings. The van der Waals surface area contributed by atoms with E-state index in [9.17, 15) is 9.18 Å². The van der Waals surface area contributed by atoms with Crippen molar-refractivity contribution in [3.63, 3.8) is 0 Å². The Bertz CT molecular complexity index is 1100. The quantitative estimate of drug-likeness (QED) is 0.543. The summed E-state index contributed by atoms with van der Waals surface area (Å²) in [5.41, 5.74) is 2.58. The van der Waals surface area contributed by atoms with E-state index in [0.29, 0.717) is 12.3 Å². The number of nitrogens with one attached hydrogen (secondary N) is 1. The third kappa shape index (κ3) is 5.29. The minimum absolute atomic E-state index is 0.0920. The SMILES string of the molecule is Cn1nccc1-c1cc(NC(=O)c2ccc(F)c(Cl)c2)ccc1OCCN1CCCCC1. The second-order valence-corrected chi connectivity index (χ2v) is 8.29. The Balaban J connectivity index is 1.52. The summed E-state index contributed by atoms with van der Waals surface area (Å²) >= 11 is 5.81. The van der Waals surface area contributed by atoms with Crippen LogP contribution in [0.25, 0.3) is 11.3 Å². The zero-order valence-electron chi connectivity index (χ0n) is 18.0. The fourth-order valence-electron chi connectivity index (χ4n) is 3.88. The van der Waals surface area contributed by atoms with Crippen molar-refractivity contribution in [3.8, 4) is 17.0 Å². The fraction of sp³-hybridized carbons (Fsp3) is 0.333. The molecule has 2 heterocycles. The molecule has 0 radical (unpaired) electrons. The number of aromatic nitrogens is 2. The van der Waals surface area contributed by atoms with Gasteiger partial charge in [0.05, 0.1) is 10.7 Å². The molecule has 8 heteroatoms. The number of halogens is 2. The van der Waals surface area contributed by atoms with Gasteiger partial charge in [-0.1, -0.05) is 18.0 Å². The normalized spacial score (nSPS) is 14.3. The summed E-state index contributed by atoms with van der Waals surface area (Å²) in [6.07, 6.45) is 5.51. The van der Waals surface area contributed by atoms with Crippen LogP contribution < -0.4 is 10.1 Å². The van der Waals surface area contributed by atoms with Crippen molar-refractivity contribution < 1.29 is 13.9 Å². The predicted octanol–water partition coefficient (Wildman–Crippen LogP) is 5.00. The molecule has 0 atom stereocenters. The van der Waals surface area contributed by atoms with Crippen molar-refractivity contribution in [2.75, 3.05) is 31.6 Å².